The van der Waals surface area contributed by atoms with Crippen LogP contribution in [0, 0.1) is 0 Å². The maximum absolute atomic E-state index is 12.5. The van der Waals surface area contributed by atoms with Gasteiger partial charge in [0.25, 0.3) is 11.1 Å². The molecular weight excluding hydrogens is 422 g/mol. The number of hydrogen-bond acceptors (Lipinski definition) is 5. The van der Waals surface area contributed by atoms with Gasteiger partial charge in [0.1, 0.15) is 6.61 Å². The van der Waals surface area contributed by atoms with Gasteiger partial charge < -0.3 is 9.47 Å². The zero-order valence-electron chi connectivity index (χ0n) is 17.0. The van der Waals surface area contributed by atoms with E-state index in [-0.39, 0.29) is 11.1 Å². The minimum atomic E-state index is -0.240. The lowest BCUT2D eigenvalue weighted by atomic mass is 10.1. The monoisotopic (exact) mass is 445 g/mol. The Morgan fingerprint density at radius 2 is 1.87 bits per heavy atom. The minimum absolute atomic E-state index is 0.218. The van der Waals surface area contributed by atoms with Crippen LogP contribution in [0.2, 0.25) is 5.02 Å². The third-order valence-corrected chi connectivity index (χ3v) is 5.79. The Morgan fingerprint density at radius 3 is 2.60 bits per heavy atom. The second kappa shape index (κ2) is 10.5. The van der Waals surface area contributed by atoms with Crippen molar-refractivity contribution in [2.45, 2.75) is 33.3 Å². The highest BCUT2D eigenvalue weighted by Gasteiger charge is 2.34. The molecule has 0 spiro atoms. The largest absolute Gasteiger partial charge is 0.490 e. The van der Waals surface area contributed by atoms with Gasteiger partial charge in [-0.1, -0.05) is 49.2 Å². The van der Waals surface area contributed by atoms with Crippen molar-refractivity contribution in [3.05, 3.63) is 63.5 Å². The molecule has 2 aromatic rings. The van der Waals surface area contributed by atoms with Crippen molar-refractivity contribution in [2.24, 2.45) is 0 Å². The Labute approximate surface area is 186 Å². The molecule has 1 heterocycles. The summed E-state index contributed by atoms with van der Waals surface area (Å²) in [6.07, 6.45) is 3.45. The van der Waals surface area contributed by atoms with E-state index >= 15 is 0 Å². The van der Waals surface area contributed by atoms with Crippen molar-refractivity contribution in [2.75, 3.05) is 13.2 Å². The third kappa shape index (κ3) is 5.37. The molecule has 1 aliphatic heterocycles. The van der Waals surface area contributed by atoms with Gasteiger partial charge >= 0.3 is 0 Å². The van der Waals surface area contributed by atoms with Crippen molar-refractivity contribution in [3.63, 3.8) is 0 Å². The fourth-order valence-electron chi connectivity index (χ4n) is 2.93. The van der Waals surface area contributed by atoms with Gasteiger partial charge in [-0.15, -0.1) is 0 Å². The van der Waals surface area contributed by atoms with Gasteiger partial charge in [-0.3, -0.25) is 14.5 Å². The second-order valence-electron chi connectivity index (χ2n) is 6.71. The SMILES string of the molecule is CCCCN1C(=O)SC(=Cc2ccc(OCc3ccccc3Cl)c(OCC)c2)C1=O. The summed E-state index contributed by atoms with van der Waals surface area (Å²) in [6, 6.07) is 13.0. The first-order valence-corrected chi connectivity index (χ1v) is 11.1. The molecule has 0 unspecified atom stereocenters. The van der Waals surface area contributed by atoms with Crippen LogP contribution in [0.1, 0.15) is 37.8 Å². The lowest BCUT2D eigenvalue weighted by Crippen LogP contribution is -2.29. The van der Waals surface area contributed by atoms with Gasteiger partial charge in [-0.25, -0.2) is 0 Å². The van der Waals surface area contributed by atoms with Crippen molar-refractivity contribution in [1.82, 2.24) is 4.90 Å². The molecule has 5 nitrogen and oxygen atoms in total. The Balaban J connectivity index is 1.78. The number of nitrogens with zero attached hydrogens (tertiary/aromatic N) is 1. The number of rotatable bonds is 9. The van der Waals surface area contributed by atoms with Crippen LogP contribution >= 0.6 is 23.4 Å². The lowest BCUT2D eigenvalue weighted by molar-refractivity contribution is -0.122. The summed E-state index contributed by atoms with van der Waals surface area (Å²) in [7, 11) is 0. The highest BCUT2D eigenvalue weighted by Crippen LogP contribution is 2.35. The minimum Gasteiger partial charge on any atom is -0.490 e. The fraction of sp³-hybridized carbons (Fsp3) is 0.304. The molecule has 158 valence electrons. The molecule has 1 fully saturated rings. The highest BCUT2D eigenvalue weighted by molar-refractivity contribution is 8.18. The van der Waals surface area contributed by atoms with Crippen molar-refractivity contribution < 1.29 is 19.1 Å². The molecule has 0 saturated carbocycles. The quantitative estimate of drug-likeness (QED) is 0.433. The first kappa shape index (κ1) is 22.2. The maximum Gasteiger partial charge on any atom is 0.293 e. The summed E-state index contributed by atoms with van der Waals surface area (Å²) in [5.74, 6) is 0.920. The molecule has 3 rings (SSSR count). The molecule has 7 heteroatoms. The number of ether oxygens (including phenoxy) is 2. The number of hydrogen-bond donors (Lipinski definition) is 0. The topological polar surface area (TPSA) is 55.8 Å². The van der Waals surface area contributed by atoms with E-state index in [1.807, 2.05) is 50.2 Å². The van der Waals surface area contributed by atoms with Crippen molar-refractivity contribution in [1.29, 1.82) is 0 Å². The summed E-state index contributed by atoms with van der Waals surface area (Å²) in [5, 5.41) is 0.426. The lowest BCUT2D eigenvalue weighted by Gasteiger charge is -2.13. The predicted molar refractivity (Wildman–Crippen MR) is 121 cm³/mol. The average Bonchev–Trinajstić information content (AvgIpc) is 2.99. The van der Waals surface area contributed by atoms with E-state index in [4.69, 9.17) is 21.1 Å². The molecule has 0 radical (unpaired) electrons. The predicted octanol–water partition coefficient (Wildman–Crippen LogP) is 6.15. The number of imide groups is 1. The summed E-state index contributed by atoms with van der Waals surface area (Å²) in [5.41, 5.74) is 1.65. The first-order chi connectivity index (χ1) is 14.5. The number of amides is 2. The van der Waals surface area contributed by atoms with Gasteiger partial charge in [0.2, 0.25) is 0 Å². The standard InChI is InChI=1S/C23H24ClNO4S/c1-3-5-12-25-22(26)21(30-23(25)27)14-16-10-11-19(20(13-16)28-4-2)29-15-17-8-6-7-9-18(17)24/h6-11,13-14H,3-5,12,15H2,1-2H3. The fourth-order valence-corrected chi connectivity index (χ4v) is 3.99. The summed E-state index contributed by atoms with van der Waals surface area (Å²) in [6.45, 7) is 5.16. The number of unbranched alkanes of at least 4 members (excludes halogenated alkanes) is 1. The smallest absolute Gasteiger partial charge is 0.293 e. The number of carbonyl (C=O) groups excluding carboxylic acids is 2. The number of thioether (sulfide) groups is 1. The van der Waals surface area contributed by atoms with Crippen LogP contribution in [0.25, 0.3) is 6.08 Å². The van der Waals surface area contributed by atoms with Crippen molar-refractivity contribution >= 4 is 40.6 Å². The zero-order valence-corrected chi connectivity index (χ0v) is 18.6. The van der Waals surface area contributed by atoms with E-state index in [9.17, 15) is 9.59 Å². The maximum atomic E-state index is 12.5. The average molecular weight is 446 g/mol. The van der Waals surface area contributed by atoms with E-state index in [0.29, 0.717) is 41.2 Å². The molecule has 0 aliphatic carbocycles. The van der Waals surface area contributed by atoms with Crippen LogP contribution in [-0.2, 0) is 11.4 Å². The van der Waals surface area contributed by atoms with Crippen LogP contribution < -0.4 is 9.47 Å². The second-order valence-corrected chi connectivity index (χ2v) is 8.11. The van der Waals surface area contributed by atoms with Gasteiger partial charge in [-0.05, 0) is 54.9 Å². The summed E-state index contributed by atoms with van der Waals surface area (Å²) >= 11 is 7.17. The molecule has 0 bridgehead atoms. The van der Waals surface area contributed by atoms with E-state index < -0.39 is 0 Å². The van der Waals surface area contributed by atoms with E-state index in [1.165, 1.54) is 4.90 Å². The van der Waals surface area contributed by atoms with Gasteiger partial charge in [0, 0.05) is 17.1 Å². The van der Waals surface area contributed by atoms with Crippen molar-refractivity contribution in [3.8, 4) is 11.5 Å². The molecule has 30 heavy (non-hydrogen) atoms. The van der Waals surface area contributed by atoms with Crippen LogP contribution in [0.5, 0.6) is 11.5 Å². The Hall–Kier alpha value is -2.44. The molecule has 1 aliphatic rings. The Kier molecular flexibility index (Phi) is 7.82. The third-order valence-electron chi connectivity index (χ3n) is 4.52. The Bertz CT molecular complexity index is 960. The first-order valence-electron chi connectivity index (χ1n) is 9.92. The molecular formula is C23H24ClNO4S. The summed E-state index contributed by atoms with van der Waals surface area (Å²) < 4.78 is 11.6. The molecule has 1 saturated heterocycles. The number of carbonyl (C=O) groups is 2. The van der Waals surface area contributed by atoms with Crippen LogP contribution in [-0.4, -0.2) is 29.2 Å². The Morgan fingerprint density at radius 1 is 1.07 bits per heavy atom. The van der Waals surface area contributed by atoms with Gasteiger partial charge in [0.15, 0.2) is 11.5 Å². The van der Waals surface area contributed by atoms with E-state index in [0.717, 1.165) is 35.7 Å². The molecule has 0 aromatic heterocycles. The number of halogens is 1. The van der Waals surface area contributed by atoms with Crippen LogP contribution in [0.15, 0.2) is 47.4 Å². The molecule has 0 N–H and O–H groups in total. The van der Waals surface area contributed by atoms with Crippen LogP contribution in [0.4, 0.5) is 4.79 Å². The van der Waals surface area contributed by atoms with Gasteiger partial charge in [0.05, 0.1) is 11.5 Å². The molecule has 2 amide bonds. The molecule has 2 aromatic carbocycles. The zero-order chi connectivity index (χ0) is 21.5. The van der Waals surface area contributed by atoms with Crippen LogP contribution in [0.3, 0.4) is 0 Å². The van der Waals surface area contributed by atoms with E-state index in [1.54, 1.807) is 12.1 Å². The normalized spacial score (nSPS) is 15.2. The van der Waals surface area contributed by atoms with Gasteiger partial charge in [-0.2, -0.15) is 0 Å². The van der Waals surface area contributed by atoms with E-state index in [2.05, 4.69) is 0 Å². The number of benzene rings is 2. The summed E-state index contributed by atoms with van der Waals surface area (Å²) in [4.78, 5) is 26.4. The molecule has 0 atom stereocenters. The highest BCUT2D eigenvalue weighted by atomic mass is 35.5.